The normalized spacial score (nSPS) is 16.6. The molecule has 0 fully saturated rings. The number of hydrogen-bond donors (Lipinski definition) is 0. The average molecular weight is 124 g/mol. The lowest BCUT2D eigenvalue weighted by Gasteiger charge is -2.11. The molecule has 1 heterocycles. The van der Waals surface area contributed by atoms with Gasteiger partial charge in [0.25, 0.3) is 0 Å². The van der Waals surface area contributed by atoms with Gasteiger partial charge < -0.3 is 4.74 Å². The number of rotatable bonds is 1. The van der Waals surface area contributed by atoms with E-state index in [0.717, 1.165) is 5.76 Å². The molecular formula is C7H10NO. The van der Waals surface area contributed by atoms with Crippen LogP contribution in [0.15, 0.2) is 24.4 Å². The van der Waals surface area contributed by atoms with Gasteiger partial charge in [0.15, 0.2) is 0 Å². The van der Waals surface area contributed by atoms with Crippen molar-refractivity contribution >= 4 is 0 Å². The molecule has 0 amide bonds. The van der Waals surface area contributed by atoms with E-state index in [0.29, 0.717) is 5.92 Å². The highest BCUT2D eigenvalue weighted by molar-refractivity contribution is 5.02. The summed E-state index contributed by atoms with van der Waals surface area (Å²) in [6.45, 7) is 4.14. The molecule has 0 N–H and O–H groups in total. The highest BCUT2D eigenvalue weighted by Gasteiger charge is 2.04. The molecule has 0 aromatic carbocycles. The van der Waals surface area contributed by atoms with E-state index in [2.05, 4.69) is 19.2 Å². The Labute approximate surface area is 55.2 Å². The van der Waals surface area contributed by atoms with Crippen molar-refractivity contribution < 1.29 is 4.74 Å². The second kappa shape index (κ2) is 2.58. The zero-order valence-corrected chi connectivity index (χ0v) is 5.66. The summed E-state index contributed by atoms with van der Waals surface area (Å²) < 4.78 is 5.13. The third-order valence-electron chi connectivity index (χ3n) is 1.12. The molecule has 2 nitrogen and oxygen atoms in total. The second-order valence-electron chi connectivity index (χ2n) is 2.24. The van der Waals surface area contributed by atoms with Gasteiger partial charge in [0.2, 0.25) is 0 Å². The summed E-state index contributed by atoms with van der Waals surface area (Å²) in [5, 5.41) is 3.91. The summed E-state index contributed by atoms with van der Waals surface area (Å²) in [6, 6.07) is 0. The summed E-state index contributed by atoms with van der Waals surface area (Å²) in [4.78, 5) is 0. The smallest absolute Gasteiger partial charge is 0.124 e. The molecule has 1 rings (SSSR count). The molecule has 0 bridgehead atoms. The van der Waals surface area contributed by atoms with Gasteiger partial charge in [-0.3, -0.25) is 5.32 Å². The summed E-state index contributed by atoms with van der Waals surface area (Å²) in [5.41, 5.74) is 0. The SMILES string of the molecule is CC(C)C1=C[N]C=CO1. The highest BCUT2D eigenvalue weighted by atomic mass is 16.5. The molecule has 0 unspecified atom stereocenters. The van der Waals surface area contributed by atoms with Gasteiger partial charge in [-0.15, -0.1) is 0 Å². The largest absolute Gasteiger partial charge is 0.466 e. The Morgan fingerprint density at radius 1 is 1.56 bits per heavy atom. The molecule has 1 aliphatic heterocycles. The Morgan fingerprint density at radius 3 is 2.67 bits per heavy atom. The quantitative estimate of drug-likeness (QED) is 0.520. The van der Waals surface area contributed by atoms with Crippen LogP contribution in [0, 0.1) is 5.92 Å². The molecule has 0 spiro atoms. The van der Waals surface area contributed by atoms with E-state index in [1.165, 1.54) is 0 Å². The summed E-state index contributed by atoms with van der Waals surface area (Å²) in [6.07, 6.45) is 4.96. The molecule has 0 aromatic heterocycles. The minimum atomic E-state index is 0.429. The number of nitrogens with zero attached hydrogens (tertiary/aromatic N) is 1. The van der Waals surface area contributed by atoms with Crippen LogP contribution in [-0.4, -0.2) is 0 Å². The van der Waals surface area contributed by atoms with Crippen LogP contribution in [0.4, 0.5) is 0 Å². The van der Waals surface area contributed by atoms with Crippen LogP contribution in [0.25, 0.3) is 0 Å². The molecular weight excluding hydrogens is 114 g/mol. The second-order valence-corrected chi connectivity index (χ2v) is 2.24. The molecule has 0 aliphatic carbocycles. The minimum Gasteiger partial charge on any atom is -0.466 e. The first-order valence-electron chi connectivity index (χ1n) is 3.02. The van der Waals surface area contributed by atoms with E-state index < -0.39 is 0 Å². The fourth-order valence-electron chi connectivity index (χ4n) is 0.576. The molecule has 9 heavy (non-hydrogen) atoms. The molecule has 0 saturated carbocycles. The maximum absolute atomic E-state index is 5.13. The van der Waals surface area contributed by atoms with Gasteiger partial charge in [0, 0.05) is 5.92 Å². The fourth-order valence-corrected chi connectivity index (χ4v) is 0.576. The van der Waals surface area contributed by atoms with Crippen LogP contribution in [0.1, 0.15) is 13.8 Å². The summed E-state index contributed by atoms with van der Waals surface area (Å²) in [7, 11) is 0. The van der Waals surface area contributed by atoms with Crippen molar-refractivity contribution in [3.63, 3.8) is 0 Å². The maximum atomic E-state index is 5.13. The molecule has 0 aromatic rings. The van der Waals surface area contributed by atoms with E-state index in [1.807, 2.05) is 0 Å². The van der Waals surface area contributed by atoms with Crippen molar-refractivity contribution in [3.8, 4) is 0 Å². The zero-order chi connectivity index (χ0) is 6.69. The number of ether oxygens (including phenoxy) is 1. The lowest BCUT2D eigenvalue weighted by molar-refractivity contribution is 0.292. The van der Waals surface area contributed by atoms with Gasteiger partial charge in [-0.05, 0) is 0 Å². The van der Waals surface area contributed by atoms with Crippen molar-refractivity contribution in [2.45, 2.75) is 13.8 Å². The minimum absolute atomic E-state index is 0.429. The molecule has 49 valence electrons. The zero-order valence-electron chi connectivity index (χ0n) is 5.66. The van der Waals surface area contributed by atoms with Crippen molar-refractivity contribution in [3.05, 3.63) is 24.4 Å². The molecule has 2 heteroatoms. The third-order valence-corrected chi connectivity index (χ3v) is 1.12. The monoisotopic (exact) mass is 124 g/mol. The first kappa shape index (κ1) is 6.20. The van der Waals surface area contributed by atoms with Gasteiger partial charge in [0.1, 0.15) is 12.0 Å². The molecule has 0 saturated heterocycles. The molecule has 1 radical (unpaired) electrons. The Morgan fingerprint density at radius 2 is 2.33 bits per heavy atom. The third kappa shape index (κ3) is 1.49. The fraction of sp³-hybridized carbons (Fsp3) is 0.429. The lowest BCUT2D eigenvalue weighted by atomic mass is 10.2. The van der Waals surface area contributed by atoms with Crippen molar-refractivity contribution in [1.82, 2.24) is 5.32 Å². The number of allylic oxidation sites excluding steroid dienone is 1. The predicted octanol–water partition coefficient (Wildman–Crippen LogP) is 1.59. The van der Waals surface area contributed by atoms with Crippen LogP contribution in [0.5, 0.6) is 0 Å². The lowest BCUT2D eigenvalue weighted by Crippen LogP contribution is -2.02. The van der Waals surface area contributed by atoms with E-state index >= 15 is 0 Å². The Hall–Kier alpha value is -0.920. The standard InChI is InChI=1S/C7H10NO/c1-6(2)7-5-8-3-4-9-7/h3-6H,1-2H3. The summed E-state index contributed by atoms with van der Waals surface area (Å²) >= 11 is 0. The Kier molecular flexibility index (Phi) is 1.78. The Balaban J connectivity index is 2.50. The van der Waals surface area contributed by atoms with Gasteiger partial charge in [-0.1, -0.05) is 13.8 Å². The van der Waals surface area contributed by atoms with Crippen LogP contribution in [0.3, 0.4) is 0 Å². The highest BCUT2D eigenvalue weighted by Crippen LogP contribution is 2.12. The van der Waals surface area contributed by atoms with Gasteiger partial charge in [0.05, 0.1) is 12.4 Å². The summed E-state index contributed by atoms with van der Waals surface area (Å²) in [5.74, 6) is 1.36. The number of hydrogen-bond acceptors (Lipinski definition) is 1. The molecule has 0 atom stereocenters. The van der Waals surface area contributed by atoms with Crippen molar-refractivity contribution in [2.24, 2.45) is 5.92 Å². The predicted molar refractivity (Wildman–Crippen MR) is 35.3 cm³/mol. The van der Waals surface area contributed by atoms with Crippen LogP contribution in [0.2, 0.25) is 0 Å². The Bertz CT molecular complexity index is 147. The van der Waals surface area contributed by atoms with Gasteiger partial charge >= 0.3 is 0 Å². The van der Waals surface area contributed by atoms with Crippen LogP contribution < -0.4 is 5.32 Å². The van der Waals surface area contributed by atoms with Gasteiger partial charge in [-0.25, -0.2) is 0 Å². The van der Waals surface area contributed by atoms with Crippen LogP contribution in [-0.2, 0) is 4.74 Å². The van der Waals surface area contributed by atoms with Gasteiger partial charge in [-0.2, -0.15) is 0 Å². The average Bonchev–Trinajstić information content (AvgIpc) is 1.90. The van der Waals surface area contributed by atoms with E-state index in [4.69, 9.17) is 4.74 Å². The van der Waals surface area contributed by atoms with Crippen LogP contribution >= 0.6 is 0 Å². The van der Waals surface area contributed by atoms with E-state index in [-0.39, 0.29) is 0 Å². The van der Waals surface area contributed by atoms with E-state index in [1.54, 1.807) is 18.7 Å². The van der Waals surface area contributed by atoms with Crippen molar-refractivity contribution in [1.29, 1.82) is 0 Å². The topological polar surface area (TPSA) is 23.3 Å². The molecule has 1 aliphatic rings. The first-order valence-corrected chi connectivity index (χ1v) is 3.02. The first-order chi connectivity index (χ1) is 4.30. The van der Waals surface area contributed by atoms with Crippen molar-refractivity contribution in [2.75, 3.05) is 0 Å². The maximum Gasteiger partial charge on any atom is 0.124 e. The van der Waals surface area contributed by atoms with E-state index in [9.17, 15) is 0 Å².